The van der Waals surface area contributed by atoms with Gasteiger partial charge in [0.1, 0.15) is 11.5 Å². The molecular formula is C20H14N2O. The third kappa shape index (κ3) is 2.42. The first-order valence-corrected chi connectivity index (χ1v) is 7.42. The van der Waals surface area contributed by atoms with Crippen LogP contribution in [0.3, 0.4) is 0 Å². The molecule has 0 unspecified atom stereocenters. The molecule has 1 aliphatic rings. The molecule has 4 rings (SSSR count). The van der Waals surface area contributed by atoms with Crippen LogP contribution in [-0.2, 0) is 0 Å². The van der Waals surface area contributed by atoms with E-state index in [1.54, 1.807) is 30.5 Å². The summed E-state index contributed by atoms with van der Waals surface area (Å²) in [7, 11) is 0. The highest BCUT2D eigenvalue weighted by Gasteiger charge is 2.23. The molecule has 0 fully saturated rings. The SMILES string of the molecule is Oc1ccc(C=NN=C2c3ccccc3-c3ccccc32)cc1. The minimum Gasteiger partial charge on any atom is -0.508 e. The van der Waals surface area contributed by atoms with E-state index in [9.17, 15) is 5.11 Å². The average Bonchev–Trinajstić information content (AvgIpc) is 2.91. The zero-order valence-corrected chi connectivity index (χ0v) is 12.3. The van der Waals surface area contributed by atoms with Crippen molar-refractivity contribution >= 4 is 11.9 Å². The number of hydrogen-bond donors (Lipinski definition) is 1. The number of phenolic OH excluding ortho intramolecular Hbond substituents is 1. The van der Waals surface area contributed by atoms with Crippen molar-refractivity contribution in [3.05, 3.63) is 89.5 Å². The van der Waals surface area contributed by atoms with Gasteiger partial charge in [-0.15, -0.1) is 5.10 Å². The lowest BCUT2D eigenvalue weighted by Gasteiger charge is -1.98. The van der Waals surface area contributed by atoms with Crippen molar-refractivity contribution < 1.29 is 5.11 Å². The third-order valence-corrected chi connectivity index (χ3v) is 3.91. The first-order valence-electron chi connectivity index (χ1n) is 7.42. The minimum atomic E-state index is 0.243. The Balaban J connectivity index is 1.75. The van der Waals surface area contributed by atoms with Crippen LogP contribution in [0.2, 0.25) is 0 Å². The molecule has 0 atom stereocenters. The lowest BCUT2D eigenvalue weighted by Crippen LogP contribution is -1.97. The number of nitrogens with zero attached hydrogens (tertiary/aromatic N) is 2. The van der Waals surface area contributed by atoms with Gasteiger partial charge in [0.15, 0.2) is 0 Å². The quantitative estimate of drug-likeness (QED) is 0.436. The van der Waals surface area contributed by atoms with E-state index in [-0.39, 0.29) is 5.75 Å². The molecule has 110 valence electrons. The van der Waals surface area contributed by atoms with Crippen molar-refractivity contribution in [2.24, 2.45) is 10.2 Å². The Labute approximate surface area is 134 Å². The van der Waals surface area contributed by atoms with Crippen molar-refractivity contribution in [1.82, 2.24) is 0 Å². The smallest absolute Gasteiger partial charge is 0.115 e. The van der Waals surface area contributed by atoms with Crippen LogP contribution in [0.1, 0.15) is 16.7 Å². The standard InChI is InChI=1S/C20H14N2O/c23-15-11-9-14(10-12-15)13-21-22-20-18-7-3-1-5-16(18)17-6-2-4-8-19(17)20/h1-13,23H. The normalized spacial score (nSPS) is 12.3. The van der Waals surface area contributed by atoms with Crippen LogP contribution < -0.4 is 0 Å². The zero-order valence-electron chi connectivity index (χ0n) is 12.3. The van der Waals surface area contributed by atoms with E-state index in [4.69, 9.17) is 0 Å². The fraction of sp³-hybridized carbons (Fsp3) is 0. The molecule has 3 aromatic carbocycles. The number of phenols is 1. The molecule has 3 heteroatoms. The van der Waals surface area contributed by atoms with Gasteiger partial charge in [-0.05, 0) is 41.0 Å². The summed E-state index contributed by atoms with van der Waals surface area (Å²) >= 11 is 0. The van der Waals surface area contributed by atoms with Gasteiger partial charge in [0.05, 0.1) is 6.21 Å². The highest BCUT2D eigenvalue weighted by molar-refractivity contribution is 6.24. The fourth-order valence-corrected chi connectivity index (χ4v) is 2.82. The first kappa shape index (κ1) is 13.5. The topological polar surface area (TPSA) is 45.0 Å². The van der Waals surface area contributed by atoms with Gasteiger partial charge >= 0.3 is 0 Å². The van der Waals surface area contributed by atoms with Gasteiger partial charge < -0.3 is 5.11 Å². The van der Waals surface area contributed by atoms with Crippen molar-refractivity contribution in [3.8, 4) is 16.9 Å². The number of benzene rings is 3. The van der Waals surface area contributed by atoms with Crippen LogP contribution in [0, 0.1) is 0 Å². The molecule has 0 saturated carbocycles. The Kier molecular flexibility index (Phi) is 3.24. The summed E-state index contributed by atoms with van der Waals surface area (Å²) in [5.74, 6) is 0.243. The summed E-state index contributed by atoms with van der Waals surface area (Å²) in [5.41, 5.74) is 6.40. The summed E-state index contributed by atoms with van der Waals surface area (Å²) in [4.78, 5) is 0. The molecule has 0 radical (unpaired) electrons. The Morgan fingerprint density at radius 3 is 1.74 bits per heavy atom. The Morgan fingerprint density at radius 1 is 0.652 bits per heavy atom. The Hall–Kier alpha value is -3.20. The first-order chi connectivity index (χ1) is 11.3. The minimum absolute atomic E-state index is 0.243. The maximum absolute atomic E-state index is 9.30. The molecule has 3 aromatic rings. The average molecular weight is 298 g/mol. The molecule has 0 spiro atoms. The summed E-state index contributed by atoms with van der Waals surface area (Å²) in [6, 6.07) is 23.4. The zero-order chi connectivity index (χ0) is 15.6. The Bertz CT molecular complexity index is 877. The number of hydrogen-bond acceptors (Lipinski definition) is 3. The number of fused-ring (bicyclic) bond motifs is 3. The van der Waals surface area contributed by atoms with Crippen LogP contribution in [0.4, 0.5) is 0 Å². The molecule has 1 N–H and O–H groups in total. The van der Waals surface area contributed by atoms with Crippen LogP contribution in [-0.4, -0.2) is 17.0 Å². The summed E-state index contributed by atoms with van der Waals surface area (Å²) in [6.07, 6.45) is 1.69. The second-order valence-electron chi connectivity index (χ2n) is 5.38. The van der Waals surface area contributed by atoms with Gasteiger partial charge in [0.25, 0.3) is 0 Å². The second kappa shape index (κ2) is 5.54. The predicted octanol–water partition coefficient (Wildman–Crippen LogP) is 4.24. The molecule has 0 aliphatic heterocycles. The lowest BCUT2D eigenvalue weighted by atomic mass is 10.1. The van der Waals surface area contributed by atoms with E-state index in [0.717, 1.165) is 22.4 Å². The Morgan fingerprint density at radius 2 is 1.17 bits per heavy atom. The highest BCUT2D eigenvalue weighted by atomic mass is 16.3. The summed E-state index contributed by atoms with van der Waals surface area (Å²) in [5, 5.41) is 18.0. The molecule has 0 bridgehead atoms. The lowest BCUT2D eigenvalue weighted by molar-refractivity contribution is 0.475. The fourth-order valence-electron chi connectivity index (χ4n) is 2.82. The molecular weight excluding hydrogens is 284 g/mol. The highest BCUT2D eigenvalue weighted by Crippen LogP contribution is 2.36. The van der Waals surface area contributed by atoms with Crippen molar-refractivity contribution in [2.75, 3.05) is 0 Å². The van der Waals surface area contributed by atoms with E-state index in [2.05, 4.69) is 34.5 Å². The van der Waals surface area contributed by atoms with Crippen LogP contribution in [0.25, 0.3) is 11.1 Å². The van der Waals surface area contributed by atoms with Crippen LogP contribution in [0.5, 0.6) is 5.75 Å². The molecule has 0 aromatic heterocycles. The van der Waals surface area contributed by atoms with Gasteiger partial charge in [0, 0.05) is 11.1 Å². The van der Waals surface area contributed by atoms with Crippen LogP contribution >= 0.6 is 0 Å². The monoisotopic (exact) mass is 298 g/mol. The molecule has 0 amide bonds. The van der Waals surface area contributed by atoms with Crippen molar-refractivity contribution in [3.63, 3.8) is 0 Å². The van der Waals surface area contributed by atoms with Gasteiger partial charge in [0.2, 0.25) is 0 Å². The molecule has 0 heterocycles. The molecule has 23 heavy (non-hydrogen) atoms. The molecule has 3 nitrogen and oxygen atoms in total. The predicted molar refractivity (Wildman–Crippen MR) is 93.2 cm³/mol. The van der Waals surface area contributed by atoms with E-state index >= 15 is 0 Å². The van der Waals surface area contributed by atoms with Crippen LogP contribution in [0.15, 0.2) is 83.0 Å². The van der Waals surface area contributed by atoms with Gasteiger partial charge in [-0.2, -0.15) is 5.10 Å². The van der Waals surface area contributed by atoms with E-state index in [0.29, 0.717) is 0 Å². The van der Waals surface area contributed by atoms with E-state index < -0.39 is 0 Å². The molecule has 1 aliphatic carbocycles. The number of aromatic hydroxyl groups is 1. The molecule has 0 saturated heterocycles. The van der Waals surface area contributed by atoms with E-state index in [1.807, 2.05) is 24.3 Å². The van der Waals surface area contributed by atoms with Gasteiger partial charge in [-0.1, -0.05) is 48.5 Å². The van der Waals surface area contributed by atoms with Crippen molar-refractivity contribution in [1.29, 1.82) is 0 Å². The van der Waals surface area contributed by atoms with E-state index in [1.165, 1.54) is 11.1 Å². The summed E-state index contributed by atoms with van der Waals surface area (Å²) in [6.45, 7) is 0. The maximum atomic E-state index is 9.30. The van der Waals surface area contributed by atoms with Gasteiger partial charge in [-0.25, -0.2) is 0 Å². The number of rotatable bonds is 2. The summed E-state index contributed by atoms with van der Waals surface area (Å²) < 4.78 is 0. The maximum Gasteiger partial charge on any atom is 0.115 e. The van der Waals surface area contributed by atoms with Gasteiger partial charge in [-0.3, -0.25) is 0 Å². The van der Waals surface area contributed by atoms with Crippen molar-refractivity contribution in [2.45, 2.75) is 0 Å². The second-order valence-corrected chi connectivity index (χ2v) is 5.38. The third-order valence-electron chi connectivity index (χ3n) is 3.91. The largest absolute Gasteiger partial charge is 0.508 e.